The summed E-state index contributed by atoms with van der Waals surface area (Å²) in [6.07, 6.45) is 0. The van der Waals surface area contributed by atoms with Gasteiger partial charge in [-0.3, -0.25) is 0 Å². The first-order valence-corrected chi connectivity index (χ1v) is 6.85. The Labute approximate surface area is 88.5 Å². The van der Waals surface area contributed by atoms with Crippen LogP contribution in [0.25, 0.3) is 0 Å². The van der Waals surface area contributed by atoms with Gasteiger partial charge in [-0.2, -0.15) is 24.1 Å². The fourth-order valence-electron chi connectivity index (χ4n) is 0.610. The standard InChI is InChI=1S/C8H9.2ClH.Zn/c1-7-5-3-4-6-8(7)2;;;/h3-6H,1H2,2H3;2*1H;/q-1;;;+2/p-1. The Morgan fingerprint density at radius 1 is 1.27 bits per heavy atom. The van der Waals surface area contributed by atoms with E-state index in [1.54, 1.807) is 0 Å². The van der Waals surface area contributed by atoms with E-state index in [2.05, 4.69) is 19.9 Å². The van der Waals surface area contributed by atoms with Crippen LogP contribution in [0, 0.1) is 13.8 Å². The second kappa shape index (κ2) is 8.39. The Bertz CT molecular complexity index is 168. The van der Waals surface area contributed by atoms with Crippen LogP contribution in [0.5, 0.6) is 0 Å². The molecular formula is C8H10Cl2Zn. The van der Waals surface area contributed by atoms with E-state index < -0.39 is 0 Å². The third-order valence-electron chi connectivity index (χ3n) is 1.26. The zero-order chi connectivity index (χ0) is 7.98. The Morgan fingerprint density at radius 2 is 1.73 bits per heavy atom. The predicted octanol–water partition coefficient (Wildman–Crippen LogP) is 3.29. The molecule has 0 amide bonds. The predicted molar refractivity (Wildman–Crippen MR) is 48.7 cm³/mol. The maximum atomic E-state index is 4.76. The van der Waals surface area contributed by atoms with Crippen LogP contribution in [0.15, 0.2) is 24.3 Å². The molecule has 0 aliphatic rings. The van der Waals surface area contributed by atoms with Crippen LogP contribution in [0.2, 0.25) is 0 Å². The molecule has 0 heterocycles. The minimum atomic E-state index is 0. The molecule has 0 radical (unpaired) electrons. The van der Waals surface area contributed by atoms with Gasteiger partial charge in [0, 0.05) is 0 Å². The Morgan fingerprint density at radius 3 is 2.00 bits per heavy atom. The van der Waals surface area contributed by atoms with Gasteiger partial charge in [-0.15, -0.1) is 24.5 Å². The van der Waals surface area contributed by atoms with Crippen molar-refractivity contribution in [3.63, 3.8) is 0 Å². The first-order chi connectivity index (χ1) is 4.80. The van der Waals surface area contributed by atoms with E-state index in [9.17, 15) is 0 Å². The summed E-state index contributed by atoms with van der Waals surface area (Å²) in [5.41, 5.74) is 2.38. The molecule has 3 heteroatoms. The van der Waals surface area contributed by atoms with E-state index >= 15 is 0 Å². The molecule has 0 aromatic heterocycles. The van der Waals surface area contributed by atoms with E-state index in [-0.39, 0.29) is 12.4 Å². The van der Waals surface area contributed by atoms with Crippen molar-refractivity contribution in [1.82, 2.24) is 0 Å². The third-order valence-corrected chi connectivity index (χ3v) is 1.26. The molecule has 0 unspecified atom stereocenters. The SMILES string of the molecule is Cl.[CH2-]c1ccccc1C.[Cl][Zn+]. The zero-order valence-corrected chi connectivity index (χ0v) is 11.0. The van der Waals surface area contributed by atoms with Crippen molar-refractivity contribution >= 4 is 22.1 Å². The summed E-state index contributed by atoms with van der Waals surface area (Å²) in [7, 11) is 4.76. The molecular weight excluding hydrogens is 232 g/mol. The molecule has 0 aliphatic heterocycles. The maximum absolute atomic E-state index is 4.76. The molecule has 0 spiro atoms. The summed E-state index contributed by atoms with van der Waals surface area (Å²) >= 11 is 0.847. The van der Waals surface area contributed by atoms with Gasteiger partial charge in [0.05, 0.1) is 0 Å². The van der Waals surface area contributed by atoms with E-state index in [0.717, 1.165) is 22.9 Å². The molecule has 0 nitrogen and oxygen atoms in total. The molecule has 11 heavy (non-hydrogen) atoms. The van der Waals surface area contributed by atoms with Crippen LogP contribution in [-0.2, 0) is 17.3 Å². The third kappa shape index (κ3) is 5.55. The number of hydrogen-bond donors (Lipinski definition) is 0. The van der Waals surface area contributed by atoms with Gasteiger partial charge in [-0.25, -0.2) is 0 Å². The fourth-order valence-corrected chi connectivity index (χ4v) is 0.610. The molecule has 58 valence electrons. The summed E-state index contributed by atoms with van der Waals surface area (Å²) in [6, 6.07) is 8.08. The van der Waals surface area contributed by atoms with E-state index in [4.69, 9.17) is 9.69 Å². The molecule has 0 N–H and O–H groups in total. The molecule has 0 fully saturated rings. The van der Waals surface area contributed by atoms with Crippen LogP contribution >= 0.6 is 22.1 Å². The van der Waals surface area contributed by atoms with E-state index in [1.165, 1.54) is 5.56 Å². The molecule has 0 saturated heterocycles. The van der Waals surface area contributed by atoms with Crippen LogP contribution in [0.4, 0.5) is 0 Å². The Balaban J connectivity index is 0. The molecule has 1 aromatic rings. The van der Waals surface area contributed by atoms with Crippen molar-refractivity contribution in [2.24, 2.45) is 0 Å². The van der Waals surface area contributed by atoms with Crippen molar-refractivity contribution in [2.45, 2.75) is 6.92 Å². The van der Waals surface area contributed by atoms with Crippen LogP contribution in [0.3, 0.4) is 0 Å². The summed E-state index contributed by atoms with van der Waals surface area (Å²) < 4.78 is 0. The van der Waals surface area contributed by atoms with Gasteiger partial charge in [0.25, 0.3) is 0 Å². The van der Waals surface area contributed by atoms with Crippen molar-refractivity contribution in [2.75, 3.05) is 0 Å². The van der Waals surface area contributed by atoms with E-state index in [1.807, 2.05) is 18.2 Å². The average molecular weight is 242 g/mol. The second-order valence-electron chi connectivity index (χ2n) is 1.93. The van der Waals surface area contributed by atoms with Gasteiger partial charge in [-0.1, -0.05) is 13.0 Å². The van der Waals surface area contributed by atoms with Crippen molar-refractivity contribution in [1.29, 1.82) is 0 Å². The van der Waals surface area contributed by atoms with Gasteiger partial charge >= 0.3 is 27.0 Å². The average Bonchev–Trinajstić information content (AvgIpc) is 2.00. The fraction of sp³-hybridized carbons (Fsp3) is 0.125. The molecule has 0 atom stereocenters. The topological polar surface area (TPSA) is 0 Å². The van der Waals surface area contributed by atoms with Gasteiger partial charge in [0.15, 0.2) is 0 Å². The quantitative estimate of drug-likeness (QED) is 0.484. The number of hydrogen-bond acceptors (Lipinski definition) is 0. The van der Waals surface area contributed by atoms with Crippen LogP contribution in [-0.4, -0.2) is 0 Å². The van der Waals surface area contributed by atoms with Gasteiger partial charge in [0.1, 0.15) is 0 Å². The van der Waals surface area contributed by atoms with Crippen molar-refractivity contribution in [3.05, 3.63) is 42.3 Å². The molecule has 0 bridgehead atoms. The number of halogens is 2. The van der Waals surface area contributed by atoms with Crippen molar-refractivity contribution in [3.8, 4) is 0 Å². The van der Waals surface area contributed by atoms with Crippen molar-refractivity contribution < 1.29 is 17.3 Å². The van der Waals surface area contributed by atoms with Gasteiger partial charge in [0.2, 0.25) is 0 Å². The molecule has 1 rings (SSSR count). The first kappa shape index (κ1) is 13.9. The molecule has 1 aromatic carbocycles. The van der Waals surface area contributed by atoms with Gasteiger partial charge in [-0.05, 0) is 0 Å². The summed E-state index contributed by atoms with van der Waals surface area (Å²) in [4.78, 5) is 0. The second-order valence-corrected chi connectivity index (χ2v) is 1.93. The van der Waals surface area contributed by atoms with E-state index in [0.29, 0.717) is 0 Å². The van der Waals surface area contributed by atoms with Crippen LogP contribution in [0.1, 0.15) is 11.1 Å². The Kier molecular flexibility index (Phi) is 10.6. The summed E-state index contributed by atoms with van der Waals surface area (Å²) in [5.74, 6) is 0. The number of aryl methyl sites for hydroxylation is 1. The molecule has 0 saturated carbocycles. The normalized spacial score (nSPS) is 7.27. The monoisotopic (exact) mass is 240 g/mol. The summed E-state index contributed by atoms with van der Waals surface area (Å²) in [6.45, 7) is 5.88. The van der Waals surface area contributed by atoms with Gasteiger partial charge < -0.3 is 0 Å². The Hall–Kier alpha value is 0.293. The molecule has 0 aliphatic carbocycles. The summed E-state index contributed by atoms with van der Waals surface area (Å²) in [5, 5.41) is 0. The van der Waals surface area contributed by atoms with Crippen LogP contribution < -0.4 is 0 Å². The number of rotatable bonds is 0. The zero-order valence-electron chi connectivity index (χ0n) is 6.51. The number of benzene rings is 1. The minimum absolute atomic E-state index is 0. The first-order valence-electron chi connectivity index (χ1n) is 2.95.